The Morgan fingerprint density at radius 2 is 1.81 bits per heavy atom. The van der Waals surface area contributed by atoms with Crippen LogP contribution in [0.2, 0.25) is 0 Å². The minimum atomic E-state index is -0.483. The molecule has 0 atom stereocenters. The summed E-state index contributed by atoms with van der Waals surface area (Å²) in [6, 6.07) is 13.9. The van der Waals surface area contributed by atoms with E-state index in [1.165, 1.54) is 0 Å². The van der Waals surface area contributed by atoms with Gasteiger partial charge in [-0.15, -0.1) is 0 Å². The predicted molar refractivity (Wildman–Crippen MR) is 104 cm³/mol. The fourth-order valence-electron chi connectivity index (χ4n) is 4.45. The molecule has 1 aromatic carbocycles. The van der Waals surface area contributed by atoms with E-state index in [-0.39, 0.29) is 17.9 Å². The molecule has 2 aromatic rings. The number of rotatable bonds is 3. The number of benzene rings is 1. The second-order valence-electron chi connectivity index (χ2n) is 7.75. The molecule has 5 heteroatoms. The van der Waals surface area contributed by atoms with Crippen LogP contribution in [0.15, 0.2) is 48.7 Å². The second kappa shape index (κ2) is 6.80. The number of hydrogen-bond donors (Lipinski definition) is 0. The number of fused-ring (bicyclic) bond motifs is 2. The quantitative estimate of drug-likeness (QED) is 0.842. The zero-order chi connectivity index (χ0) is 19.0. The molecule has 2 aliphatic rings. The Hall–Kier alpha value is -2.69. The van der Waals surface area contributed by atoms with Gasteiger partial charge in [-0.1, -0.05) is 24.3 Å². The maximum absolute atomic E-state index is 13.4. The monoisotopic (exact) mass is 363 g/mol. The van der Waals surface area contributed by atoms with E-state index in [0.717, 1.165) is 16.9 Å². The molecule has 0 bridgehead atoms. The highest BCUT2D eigenvalue weighted by molar-refractivity contribution is 6.08. The Kier molecular flexibility index (Phi) is 4.46. The Balaban J connectivity index is 1.53. The van der Waals surface area contributed by atoms with Crippen LogP contribution < -0.4 is 4.90 Å². The zero-order valence-electron chi connectivity index (χ0n) is 15.9. The highest BCUT2D eigenvalue weighted by Gasteiger charge is 2.52. The van der Waals surface area contributed by atoms with E-state index in [1.807, 2.05) is 46.2 Å². The van der Waals surface area contributed by atoms with E-state index < -0.39 is 5.41 Å². The molecule has 140 valence electrons. The molecule has 1 saturated heterocycles. The summed E-state index contributed by atoms with van der Waals surface area (Å²) in [5.74, 6) is 0.276. The Bertz CT molecular complexity index is 855. The summed E-state index contributed by atoms with van der Waals surface area (Å²) in [5.41, 5.74) is 2.46. The average Bonchev–Trinajstić information content (AvgIpc) is 2.92. The second-order valence-corrected chi connectivity index (χ2v) is 7.75. The molecular formula is C22H25N3O2. The maximum atomic E-state index is 13.4. The number of para-hydroxylation sites is 1. The molecule has 2 aliphatic heterocycles. The van der Waals surface area contributed by atoms with Crippen LogP contribution in [0, 0.1) is 0 Å². The Morgan fingerprint density at radius 3 is 2.48 bits per heavy atom. The van der Waals surface area contributed by atoms with Crippen molar-refractivity contribution < 1.29 is 9.59 Å². The van der Waals surface area contributed by atoms with Crippen molar-refractivity contribution in [1.29, 1.82) is 0 Å². The lowest BCUT2D eigenvalue weighted by atomic mass is 9.73. The highest BCUT2D eigenvalue weighted by atomic mass is 16.2. The number of carbonyl (C=O) groups is 2. The summed E-state index contributed by atoms with van der Waals surface area (Å²) < 4.78 is 0. The lowest BCUT2D eigenvalue weighted by Gasteiger charge is -2.39. The highest BCUT2D eigenvalue weighted by Crippen LogP contribution is 2.48. The molecule has 0 aliphatic carbocycles. The molecule has 3 heterocycles. The predicted octanol–water partition coefficient (Wildman–Crippen LogP) is 2.94. The molecular weight excluding hydrogens is 338 g/mol. The van der Waals surface area contributed by atoms with Gasteiger partial charge < -0.3 is 9.80 Å². The maximum Gasteiger partial charge on any atom is 0.238 e. The van der Waals surface area contributed by atoms with Crippen LogP contribution in [0.3, 0.4) is 0 Å². The number of hydrogen-bond acceptors (Lipinski definition) is 3. The average molecular weight is 363 g/mol. The van der Waals surface area contributed by atoms with Crippen molar-refractivity contribution in [3.63, 3.8) is 0 Å². The molecule has 0 N–H and O–H groups in total. The number of likely N-dealkylation sites (tertiary alicyclic amines) is 1. The van der Waals surface area contributed by atoms with Gasteiger partial charge in [0.1, 0.15) is 0 Å². The third kappa shape index (κ3) is 2.91. The molecule has 5 nitrogen and oxygen atoms in total. The third-order valence-electron chi connectivity index (χ3n) is 5.85. The Labute approximate surface area is 160 Å². The molecule has 2 amide bonds. The first-order valence-corrected chi connectivity index (χ1v) is 9.64. The normalized spacial score (nSPS) is 18.3. The number of nitrogens with zero attached hydrogens (tertiary/aromatic N) is 3. The molecule has 1 spiro atoms. The van der Waals surface area contributed by atoms with Gasteiger partial charge >= 0.3 is 0 Å². The summed E-state index contributed by atoms with van der Waals surface area (Å²) in [5, 5.41) is 0. The van der Waals surface area contributed by atoms with Gasteiger partial charge in [0.2, 0.25) is 11.8 Å². The molecule has 0 unspecified atom stereocenters. The van der Waals surface area contributed by atoms with Crippen LogP contribution in [-0.4, -0.2) is 40.8 Å². The van der Waals surface area contributed by atoms with Crippen molar-refractivity contribution in [3.05, 3.63) is 59.9 Å². The van der Waals surface area contributed by atoms with Crippen molar-refractivity contribution in [2.75, 3.05) is 18.0 Å². The fourth-order valence-corrected chi connectivity index (χ4v) is 4.45. The first-order valence-electron chi connectivity index (χ1n) is 9.64. The van der Waals surface area contributed by atoms with Gasteiger partial charge in [0.05, 0.1) is 11.8 Å². The van der Waals surface area contributed by atoms with Crippen molar-refractivity contribution >= 4 is 17.5 Å². The van der Waals surface area contributed by atoms with E-state index in [4.69, 9.17) is 0 Å². The minimum absolute atomic E-state index is 0.0861. The van der Waals surface area contributed by atoms with Crippen LogP contribution in [-0.2, 0) is 21.4 Å². The number of anilines is 1. The zero-order valence-corrected chi connectivity index (χ0v) is 15.9. The van der Waals surface area contributed by atoms with Crippen LogP contribution >= 0.6 is 0 Å². The minimum Gasteiger partial charge on any atom is -0.342 e. The van der Waals surface area contributed by atoms with Crippen LogP contribution in [0.25, 0.3) is 0 Å². The smallest absolute Gasteiger partial charge is 0.238 e. The van der Waals surface area contributed by atoms with E-state index in [1.54, 1.807) is 6.20 Å². The fraction of sp³-hybridized carbons (Fsp3) is 0.409. The van der Waals surface area contributed by atoms with Crippen molar-refractivity contribution in [1.82, 2.24) is 9.88 Å². The molecule has 0 radical (unpaired) electrons. The topological polar surface area (TPSA) is 53.5 Å². The van der Waals surface area contributed by atoms with Crippen molar-refractivity contribution in [2.24, 2.45) is 0 Å². The van der Waals surface area contributed by atoms with Crippen LogP contribution in [0.1, 0.15) is 37.9 Å². The first-order chi connectivity index (χ1) is 13.0. The van der Waals surface area contributed by atoms with Crippen LogP contribution in [0.5, 0.6) is 0 Å². The SMILES string of the molecule is CC(C)N1C(=O)C2(CCN(C(=O)Cc3ccccn3)CC2)c2ccccc21. The summed E-state index contributed by atoms with van der Waals surface area (Å²) in [6.07, 6.45) is 3.39. The van der Waals surface area contributed by atoms with Gasteiger partial charge in [-0.05, 0) is 50.5 Å². The van der Waals surface area contributed by atoms with E-state index in [0.29, 0.717) is 32.4 Å². The van der Waals surface area contributed by atoms with Crippen molar-refractivity contribution in [2.45, 2.75) is 44.6 Å². The first kappa shape index (κ1) is 17.7. The summed E-state index contributed by atoms with van der Waals surface area (Å²) in [6.45, 7) is 5.33. The Morgan fingerprint density at radius 1 is 1.11 bits per heavy atom. The van der Waals surface area contributed by atoms with Gasteiger partial charge in [0, 0.05) is 36.7 Å². The number of pyridine rings is 1. The van der Waals surface area contributed by atoms with E-state index in [2.05, 4.69) is 24.9 Å². The van der Waals surface area contributed by atoms with Gasteiger partial charge in [-0.25, -0.2) is 0 Å². The number of amides is 2. The molecule has 1 fully saturated rings. The van der Waals surface area contributed by atoms with Crippen molar-refractivity contribution in [3.8, 4) is 0 Å². The lowest BCUT2D eigenvalue weighted by molar-refractivity contribution is -0.135. The summed E-state index contributed by atoms with van der Waals surface area (Å²) in [4.78, 5) is 34.1. The van der Waals surface area contributed by atoms with Gasteiger partial charge in [-0.2, -0.15) is 0 Å². The molecule has 27 heavy (non-hydrogen) atoms. The largest absolute Gasteiger partial charge is 0.342 e. The van der Waals surface area contributed by atoms with E-state index >= 15 is 0 Å². The van der Waals surface area contributed by atoms with Crippen LogP contribution in [0.4, 0.5) is 5.69 Å². The number of aromatic nitrogens is 1. The summed E-state index contributed by atoms with van der Waals surface area (Å²) in [7, 11) is 0. The molecule has 1 aromatic heterocycles. The van der Waals surface area contributed by atoms with Gasteiger partial charge in [0.25, 0.3) is 0 Å². The lowest BCUT2D eigenvalue weighted by Crippen LogP contribution is -2.51. The van der Waals surface area contributed by atoms with E-state index in [9.17, 15) is 9.59 Å². The summed E-state index contributed by atoms with van der Waals surface area (Å²) >= 11 is 0. The third-order valence-corrected chi connectivity index (χ3v) is 5.85. The number of piperidine rings is 1. The standard InChI is InChI=1S/C22H25N3O2/c1-16(2)25-19-9-4-3-8-18(19)22(21(25)27)10-13-24(14-11-22)20(26)15-17-7-5-6-12-23-17/h3-9,12,16H,10-11,13-15H2,1-2H3. The number of carbonyl (C=O) groups excluding carboxylic acids is 2. The van der Waals surface area contributed by atoms with Gasteiger partial charge in [-0.3, -0.25) is 14.6 Å². The molecule has 4 rings (SSSR count). The molecule has 0 saturated carbocycles. The van der Waals surface area contributed by atoms with Gasteiger partial charge in [0.15, 0.2) is 0 Å².